The first kappa shape index (κ1) is 14.2. The van der Waals surface area contributed by atoms with Gasteiger partial charge in [0.15, 0.2) is 5.58 Å². The molecule has 0 amide bonds. The molecule has 0 bridgehead atoms. The molecule has 1 heterocycles. The van der Waals surface area contributed by atoms with Gasteiger partial charge < -0.3 is 9.32 Å². The van der Waals surface area contributed by atoms with Crippen molar-refractivity contribution in [2.45, 2.75) is 39.5 Å². The van der Waals surface area contributed by atoms with E-state index >= 15 is 0 Å². The predicted molar refractivity (Wildman–Crippen MR) is 81.0 cm³/mol. The summed E-state index contributed by atoms with van der Waals surface area (Å²) < 4.78 is 5.84. The molecule has 0 atom stereocenters. The van der Waals surface area contributed by atoms with E-state index in [1.54, 1.807) is 0 Å². The molecular weight excluding hydrogens is 260 g/mol. The molecule has 3 nitrogen and oxygen atoms in total. The molecule has 0 fully saturated rings. The number of oxazole rings is 1. The number of rotatable bonds is 7. The lowest BCUT2D eigenvalue weighted by Gasteiger charge is -2.19. The first-order valence-corrected chi connectivity index (χ1v) is 7.43. The standard InChI is InChI=1S/C15H21ClN2O/c1-3-5-9-18(10-6-4-2)15-17-13-11-12(16)7-8-14(13)19-15/h7-8,11H,3-6,9-10H2,1-2H3. The minimum absolute atomic E-state index is 0.695. The third-order valence-electron chi connectivity index (χ3n) is 3.17. The summed E-state index contributed by atoms with van der Waals surface area (Å²) in [6.45, 7) is 6.39. The molecule has 104 valence electrons. The Morgan fingerprint density at radius 2 is 1.84 bits per heavy atom. The van der Waals surface area contributed by atoms with Gasteiger partial charge in [0.25, 0.3) is 6.01 Å². The molecule has 0 aliphatic rings. The normalized spacial score (nSPS) is 11.1. The quantitative estimate of drug-likeness (QED) is 0.723. The first-order valence-electron chi connectivity index (χ1n) is 7.05. The zero-order chi connectivity index (χ0) is 13.7. The molecule has 0 saturated carbocycles. The van der Waals surface area contributed by atoms with Crippen LogP contribution in [0, 0.1) is 0 Å². The molecule has 1 aromatic heterocycles. The van der Waals surface area contributed by atoms with E-state index in [2.05, 4.69) is 23.7 Å². The molecule has 2 rings (SSSR count). The van der Waals surface area contributed by atoms with Gasteiger partial charge in [-0.15, -0.1) is 0 Å². The second-order valence-electron chi connectivity index (χ2n) is 4.80. The van der Waals surface area contributed by atoms with E-state index in [4.69, 9.17) is 16.0 Å². The van der Waals surface area contributed by atoms with Gasteiger partial charge >= 0.3 is 0 Å². The third kappa shape index (κ3) is 3.63. The number of anilines is 1. The van der Waals surface area contributed by atoms with Gasteiger partial charge in [0, 0.05) is 18.1 Å². The van der Waals surface area contributed by atoms with Gasteiger partial charge in [0.05, 0.1) is 0 Å². The highest BCUT2D eigenvalue weighted by Crippen LogP contribution is 2.25. The van der Waals surface area contributed by atoms with Crippen LogP contribution in [0.5, 0.6) is 0 Å². The van der Waals surface area contributed by atoms with Crippen molar-refractivity contribution in [1.29, 1.82) is 0 Å². The van der Waals surface area contributed by atoms with Crippen LogP contribution in [-0.4, -0.2) is 18.1 Å². The second-order valence-corrected chi connectivity index (χ2v) is 5.24. The van der Waals surface area contributed by atoms with Crippen molar-refractivity contribution >= 4 is 28.7 Å². The molecule has 1 aromatic carbocycles. The van der Waals surface area contributed by atoms with Crippen LogP contribution in [0.1, 0.15) is 39.5 Å². The average Bonchev–Trinajstić information content (AvgIpc) is 2.81. The Kier molecular flexibility index (Phi) is 5.08. The SMILES string of the molecule is CCCCN(CCCC)c1nc2cc(Cl)ccc2o1. The van der Waals surface area contributed by atoms with Gasteiger partial charge in [-0.1, -0.05) is 38.3 Å². The van der Waals surface area contributed by atoms with E-state index in [1.807, 2.05) is 18.2 Å². The number of benzene rings is 1. The molecule has 4 heteroatoms. The molecule has 0 unspecified atom stereocenters. The van der Waals surface area contributed by atoms with Crippen molar-refractivity contribution in [2.24, 2.45) is 0 Å². The summed E-state index contributed by atoms with van der Waals surface area (Å²) in [5.74, 6) is 0. The Labute approximate surface area is 119 Å². The van der Waals surface area contributed by atoms with Crippen molar-refractivity contribution in [2.75, 3.05) is 18.0 Å². The van der Waals surface area contributed by atoms with Crippen LogP contribution in [0.25, 0.3) is 11.1 Å². The first-order chi connectivity index (χ1) is 9.24. The van der Waals surface area contributed by atoms with Crippen molar-refractivity contribution in [3.63, 3.8) is 0 Å². The summed E-state index contributed by atoms with van der Waals surface area (Å²) in [7, 11) is 0. The number of hydrogen-bond donors (Lipinski definition) is 0. The molecule has 0 radical (unpaired) electrons. The number of aromatic nitrogens is 1. The van der Waals surface area contributed by atoms with Crippen molar-refractivity contribution in [1.82, 2.24) is 4.98 Å². The van der Waals surface area contributed by atoms with Gasteiger partial charge in [-0.25, -0.2) is 0 Å². The van der Waals surface area contributed by atoms with Crippen LogP contribution in [0.15, 0.2) is 22.6 Å². The summed E-state index contributed by atoms with van der Waals surface area (Å²) in [5, 5.41) is 0.695. The Hall–Kier alpha value is -1.22. The smallest absolute Gasteiger partial charge is 0.298 e. The largest absolute Gasteiger partial charge is 0.423 e. The van der Waals surface area contributed by atoms with Gasteiger partial charge in [-0.05, 0) is 31.0 Å². The number of nitrogens with zero attached hydrogens (tertiary/aromatic N) is 2. The van der Waals surface area contributed by atoms with Crippen LogP contribution in [0.3, 0.4) is 0 Å². The lowest BCUT2D eigenvalue weighted by Crippen LogP contribution is -2.25. The van der Waals surface area contributed by atoms with Gasteiger partial charge in [-0.3, -0.25) is 0 Å². The van der Waals surface area contributed by atoms with Gasteiger partial charge in [0.1, 0.15) is 5.52 Å². The number of unbranched alkanes of at least 4 members (excludes halogenated alkanes) is 2. The summed E-state index contributed by atoms with van der Waals surface area (Å²) in [5.41, 5.74) is 1.64. The van der Waals surface area contributed by atoms with Crippen molar-refractivity contribution < 1.29 is 4.42 Å². The zero-order valence-corrected chi connectivity index (χ0v) is 12.4. The van der Waals surface area contributed by atoms with E-state index in [0.717, 1.165) is 43.0 Å². The van der Waals surface area contributed by atoms with Gasteiger partial charge in [-0.2, -0.15) is 4.98 Å². The van der Waals surface area contributed by atoms with E-state index in [9.17, 15) is 0 Å². The van der Waals surface area contributed by atoms with Crippen molar-refractivity contribution in [3.05, 3.63) is 23.2 Å². The van der Waals surface area contributed by atoms with E-state index in [1.165, 1.54) is 12.8 Å². The number of halogens is 1. The molecular formula is C15H21ClN2O. The highest BCUT2D eigenvalue weighted by molar-refractivity contribution is 6.31. The van der Waals surface area contributed by atoms with Crippen LogP contribution in [0.2, 0.25) is 5.02 Å². The Bertz CT molecular complexity index is 516. The molecule has 0 aliphatic heterocycles. The Morgan fingerprint density at radius 3 is 2.47 bits per heavy atom. The molecule has 2 aromatic rings. The monoisotopic (exact) mass is 280 g/mol. The predicted octanol–water partition coefficient (Wildman–Crippen LogP) is 4.89. The molecule has 0 N–H and O–H groups in total. The van der Waals surface area contributed by atoms with E-state index < -0.39 is 0 Å². The van der Waals surface area contributed by atoms with E-state index in [-0.39, 0.29) is 0 Å². The Morgan fingerprint density at radius 1 is 1.16 bits per heavy atom. The Balaban J connectivity index is 2.21. The highest BCUT2D eigenvalue weighted by Gasteiger charge is 2.13. The molecule has 0 spiro atoms. The fourth-order valence-corrected chi connectivity index (χ4v) is 2.19. The summed E-state index contributed by atoms with van der Waals surface area (Å²) in [4.78, 5) is 6.79. The summed E-state index contributed by atoms with van der Waals surface area (Å²) >= 11 is 5.98. The maximum absolute atomic E-state index is 5.98. The highest BCUT2D eigenvalue weighted by atomic mass is 35.5. The topological polar surface area (TPSA) is 29.3 Å². The molecule has 0 saturated heterocycles. The lowest BCUT2D eigenvalue weighted by molar-refractivity contribution is 0.549. The minimum atomic E-state index is 0.695. The minimum Gasteiger partial charge on any atom is -0.423 e. The number of fused-ring (bicyclic) bond motifs is 1. The number of hydrogen-bond acceptors (Lipinski definition) is 3. The fourth-order valence-electron chi connectivity index (χ4n) is 2.02. The lowest BCUT2D eigenvalue weighted by atomic mass is 10.3. The second kappa shape index (κ2) is 6.80. The molecule has 19 heavy (non-hydrogen) atoms. The van der Waals surface area contributed by atoms with Gasteiger partial charge in [0.2, 0.25) is 0 Å². The van der Waals surface area contributed by atoms with Crippen LogP contribution >= 0.6 is 11.6 Å². The average molecular weight is 281 g/mol. The third-order valence-corrected chi connectivity index (χ3v) is 3.41. The zero-order valence-electron chi connectivity index (χ0n) is 11.7. The molecule has 0 aliphatic carbocycles. The van der Waals surface area contributed by atoms with Crippen LogP contribution in [-0.2, 0) is 0 Å². The van der Waals surface area contributed by atoms with Crippen molar-refractivity contribution in [3.8, 4) is 0 Å². The van der Waals surface area contributed by atoms with Crippen LogP contribution in [0.4, 0.5) is 6.01 Å². The van der Waals surface area contributed by atoms with E-state index in [0.29, 0.717) is 5.02 Å². The summed E-state index contributed by atoms with van der Waals surface area (Å²) in [6.07, 6.45) is 4.66. The summed E-state index contributed by atoms with van der Waals surface area (Å²) in [6, 6.07) is 6.29. The van der Waals surface area contributed by atoms with Crippen LogP contribution < -0.4 is 4.90 Å². The fraction of sp³-hybridized carbons (Fsp3) is 0.533. The maximum atomic E-state index is 5.98. The maximum Gasteiger partial charge on any atom is 0.298 e.